The van der Waals surface area contributed by atoms with E-state index in [-0.39, 0.29) is 30.1 Å². The van der Waals surface area contributed by atoms with Crippen LogP contribution in [-0.4, -0.2) is 31.1 Å². The summed E-state index contributed by atoms with van der Waals surface area (Å²) in [4.78, 5) is 11.9. The van der Waals surface area contributed by atoms with Crippen LogP contribution in [0.1, 0.15) is 19.8 Å². The van der Waals surface area contributed by atoms with Crippen molar-refractivity contribution in [1.29, 1.82) is 0 Å². The first-order valence-corrected chi connectivity index (χ1v) is 6.59. The Morgan fingerprint density at radius 2 is 2.25 bits per heavy atom. The average molecular weight is 303 g/mol. The molecule has 1 aromatic rings. The molecule has 6 heteroatoms. The third-order valence-corrected chi connectivity index (χ3v) is 3.15. The Morgan fingerprint density at radius 3 is 2.90 bits per heavy atom. The van der Waals surface area contributed by atoms with Crippen molar-refractivity contribution in [1.82, 2.24) is 10.6 Å². The molecule has 20 heavy (non-hydrogen) atoms. The minimum Gasteiger partial charge on any atom is -0.478 e. The molecule has 0 radical (unpaired) electrons. The number of hydrogen-bond acceptors (Lipinski definition) is 3. The summed E-state index contributed by atoms with van der Waals surface area (Å²) in [5, 5.41) is 6.13. The molecular weight excluding hydrogens is 283 g/mol. The number of benzene rings is 1. The molecule has 0 saturated carbocycles. The zero-order valence-electron chi connectivity index (χ0n) is 11.4. The van der Waals surface area contributed by atoms with Gasteiger partial charge in [-0.2, -0.15) is 0 Å². The van der Waals surface area contributed by atoms with Crippen LogP contribution in [0.4, 0.5) is 4.39 Å². The van der Waals surface area contributed by atoms with Crippen molar-refractivity contribution in [2.75, 3.05) is 13.1 Å². The third-order valence-electron chi connectivity index (χ3n) is 3.15. The maximum Gasteiger partial charge on any atom is 0.261 e. The minimum absolute atomic E-state index is 0. The van der Waals surface area contributed by atoms with Crippen LogP contribution in [0.25, 0.3) is 0 Å². The molecule has 0 bridgehead atoms. The van der Waals surface area contributed by atoms with Crippen LogP contribution in [0, 0.1) is 5.82 Å². The van der Waals surface area contributed by atoms with E-state index >= 15 is 0 Å². The molecule has 2 rings (SSSR count). The second-order valence-corrected chi connectivity index (χ2v) is 4.74. The van der Waals surface area contributed by atoms with Crippen molar-refractivity contribution in [3.8, 4) is 5.75 Å². The molecule has 2 atom stereocenters. The van der Waals surface area contributed by atoms with Gasteiger partial charge in [0.05, 0.1) is 0 Å². The third kappa shape index (κ3) is 4.65. The zero-order valence-corrected chi connectivity index (χ0v) is 12.2. The van der Waals surface area contributed by atoms with Crippen LogP contribution in [0.15, 0.2) is 24.3 Å². The minimum atomic E-state index is -0.709. The van der Waals surface area contributed by atoms with Crippen LogP contribution in [0.3, 0.4) is 0 Å². The van der Waals surface area contributed by atoms with Gasteiger partial charge in [-0.05, 0) is 38.4 Å². The van der Waals surface area contributed by atoms with Gasteiger partial charge in [0.2, 0.25) is 0 Å². The van der Waals surface area contributed by atoms with Gasteiger partial charge in [-0.3, -0.25) is 4.79 Å². The van der Waals surface area contributed by atoms with Crippen molar-refractivity contribution < 1.29 is 13.9 Å². The smallest absolute Gasteiger partial charge is 0.261 e. The van der Waals surface area contributed by atoms with E-state index in [1.807, 2.05) is 0 Å². The fraction of sp³-hybridized carbons (Fsp3) is 0.500. The van der Waals surface area contributed by atoms with E-state index in [0.29, 0.717) is 0 Å². The zero-order chi connectivity index (χ0) is 13.7. The van der Waals surface area contributed by atoms with Crippen LogP contribution >= 0.6 is 12.4 Å². The van der Waals surface area contributed by atoms with Gasteiger partial charge >= 0.3 is 0 Å². The number of para-hydroxylation sites is 1. The van der Waals surface area contributed by atoms with Gasteiger partial charge in [-0.25, -0.2) is 4.39 Å². The first-order valence-electron chi connectivity index (χ1n) is 6.59. The Balaban J connectivity index is 0.00000200. The fourth-order valence-corrected chi connectivity index (χ4v) is 2.08. The Hall–Kier alpha value is -1.33. The van der Waals surface area contributed by atoms with Gasteiger partial charge in [0.1, 0.15) is 0 Å². The number of ether oxygens (including phenoxy) is 1. The Morgan fingerprint density at radius 1 is 1.50 bits per heavy atom. The van der Waals surface area contributed by atoms with E-state index < -0.39 is 11.9 Å². The van der Waals surface area contributed by atoms with E-state index in [4.69, 9.17) is 4.74 Å². The summed E-state index contributed by atoms with van der Waals surface area (Å²) in [6, 6.07) is 6.22. The van der Waals surface area contributed by atoms with Gasteiger partial charge in [0.25, 0.3) is 5.91 Å². The van der Waals surface area contributed by atoms with Gasteiger partial charge in [-0.1, -0.05) is 12.1 Å². The second-order valence-electron chi connectivity index (χ2n) is 4.74. The van der Waals surface area contributed by atoms with Crippen molar-refractivity contribution in [2.45, 2.75) is 31.9 Å². The maximum absolute atomic E-state index is 13.4. The summed E-state index contributed by atoms with van der Waals surface area (Å²) in [5.74, 6) is -0.564. The predicted molar refractivity (Wildman–Crippen MR) is 77.8 cm³/mol. The van der Waals surface area contributed by atoms with Crippen molar-refractivity contribution in [3.05, 3.63) is 30.1 Å². The Kier molecular flexibility index (Phi) is 6.75. The number of carbonyl (C=O) groups excluding carboxylic acids is 1. The van der Waals surface area contributed by atoms with Crippen molar-refractivity contribution >= 4 is 18.3 Å². The first kappa shape index (κ1) is 16.7. The normalized spacial score (nSPS) is 19.6. The molecule has 1 saturated heterocycles. The van der Waals surface area contributed by atoms with Crippen molar-refractivity contribution in [3.63, 3.8) is 0 Å². The lowest BCUT2D eigenvalue weighted by Crippen LogP contribution is -2.49. The molecule has 0 spiro atoms. The highest BCUT2D eigenvalue weighted by Crippen LogP contribution is 2.17. The summed E-state index contributed by atoms with van der Waals surface area (Å²) in [7, 11) is 0. The standard InChI is InChI=1S/C14H19FN2O2.ClH/c1-10(19-13-7-3-2-6-12(13)15)14(18)17-11-5-4-8-16-9-11;/h2-3,6-7,10-11,16H,4-5,8-9H2,1H3,(H,17,18);1H/t10?,11-;/m0./s1. The van der Waals surface area contributed by atoms with E-state index in [0.717, 1.165) is 25.9 Å². The number of rotatable bonds is 4. The van der Waals surface area contributed by atoms with Gasteiger partial charge < -0.3 is 15.4 Å². The highest BCUT2D eigenvalue weighted by Gasteiger charge is 2.21. The molecule has 1 aliphatic rings. The molecule has 2 N–H and O–H groups in total. The molecular formula is C14H20ClFN2O2. The van der Waals surface area contributed by atoms with Gasteiger partial charge in [0.15, 0.2) is 17.7 Å². The fourth-order valence-electron chi connectivity index (χ4n) is 2.08. The lowest BCUT2D eigenvalue weighted by atomic mass is 10.1. The molecule has 1 aliphatic heterocycles. The van der Waals surface area contributed by atoms with Crippen LogP contribution < -0.4 is 15.4 Å². The number of piperidine rings is 1. The molecule has 1 fully saturated rings. The number of nitrogens with one attached hydrogen (secondary N) is 2. The molecule has 0 aliphatic carbocycles. The molecule has 1 unspecified atom stereocenters. The molecule has 0 aromatic heterocycles. The topological polar surface area (TPSA) is 50.4 Å². The summed E-state index contributed by atoms with van der Waals surface area (Å²) in [6.07, 6.45) is 1.30. The SMILES string of the molecule is CC(Oc1ccccc1F)C(=O)N[C@H]1CCCNC1.Cl. The molecule has 1 amide bonds. The highest BCUT2D eigenvalue weighted by atomic mass is 35.5. The lowest BCUT2D eigenvalue weighted by molar-refractivity contribution is -0.128. The number of hydrogen-bond donors (Lipinski definition) is 2. The number of carbonyl (C=O) groups is 1. The lowest BCUT2D eigenvalue weighted by Gasteiger charge is -2.25. The quantitative estimate of drug-likeness (QED) is 0.893. The maximum atomic E-state index is 13.4. The summed E-state index contributed by atoms with van der Waals surface area (Å²) >= 11 is 0. The van der Waals surface area contributed by atoms with E-state index in [9.17, 15) is 9.18 Å². The first-order chi connectivity index (χ1) is 9.16. The number of halogens is 2. The van der Waals surface area contributed by atoms with Crippen molar-refractivity contribution in [2.24, 2.45) is 0 Å². The Bertz CT molecular complexity index is 439. The molecule has 1 heterocycles. The van der Waals surface area contributed by atoms with Crippen LogP contribution in [-0.2, 0) is 4.79 Å². The van der Waals surface area contributed by atoms with E-state index in [1.54, 1.807) is 19.1 Å². The monoisotopic (exact) mass is 302 g/mol. The number of amides is 1. The average Bonchev–Trinajstić information content (AvgIpc) is 2.42. The summed E-state index contributed by atoms with van der Waals surface area (Å²) in [5.41, 5.74) is 0. The highest BCUT2D eigenvalue weighted by molar-refractivity contribution is 5.85. The van der Waals surface area contributed by atoms with E-state index in [2.05, 4.69) is 10.6 Å². The summed E-state index contributed by atoms with van der Waals surface area (Å²) < 4.78 is 18.7. The van der Waals surface area contributed by atoms with Crippen LogP contribution in [0.2, 0.25) is 0 Å². The largest absolute Gasteiger partial charge is 0.478 e. The van der Waals surface area contributed by atoms with Gasteiger partial charge in [-0.15, -0.1) is 12.4 Å². The summed E-state index contributed by atoms with van der Waals surface area (Å²) in [6.45, 7) is 3.39. The molecule has 1 aromatic carbocycles. The predicted octanol–water partition coefficient (Wildman–Crippen LogP) is 1.88. The van der Waals surface area contributed by atoms with Gasteiger partial charge in [0, 0.05) is 12.6 Å². The second kappa shape index (κ2) is 8.07. The molecule has 112 valence electrons. The molecule has 4 nitrogen and oxygen atoms in total. The Labute approximate surface area is 124 Å². The van der Waals surface area contributed by atoms with E-state index in [1.165, 1.54) is 12.1 Å². The van der Waals surface area contributed by atoms with Crippen LogP contribution in [0.5, 0.6) is 5.75 Å².